The number of thioether (sulfide) groups is 1. The van der Waals surface area contributed by atoms with Crippen LogP contribution in [-0.2, 0) is 28.8 Å². The van der Waals surface area contributed by atoms with Gasteiger partial charge in [-0.1, -0.05) is 5.16 Å². The van der Waals surface area contributed by atoms with Crippen LogP contribution in [0, 0.1) is 0 Å². The van der Waals surface area contributed by atoms with Gasteiger partial charge in [-0.25, -0.2) is 14.6 Å². The van der Waals surface area contributed by atoms with Crippen molar-refractivity contribution in [2.45, 2.75) is 18.3 Å². The molecular weight excluding hydrogens is 480 g/mol. The number of anilines is 1. The molecule has 2 atom stereocenters. The lowest BCUT2D eigenvalue weighted by Gasteiger charge is -2.49. The molecule has 16 heteroatoms. The van der Waals surface area contributed by atoms with Crippen molar-refractivity contribution >= 4 is 64.2 Å². The van der Waals surface area contributed by atoms with Gasteiger partial charge < -0.3 is 31.0 Å². The topological polar surface area (TPSA) is 203 Å². The molecule has 1 saturated heterocycles. The van der Waals surface area contributed by atoms with Crippen molar-refractivity contribution in [3.8, 4) is 0 Å². The molecule has 2 aliphatic rings. The molecule has 0 radical (unpaired) electrons. The van der Waals surface area contributed by atoms with Crippen LogP contribution >= 0.6 is 23.1 Å². The first-order chi connectivity index (χ1) is 15.8. The summed E-state index contributed by atoms with van der Waals surface area (Å²) < 4.78 is 4.67. The number of ether oxygens (including phenoxy) is 1. The molecule has 5 N–H and O–H groups in total. The average Bonchev–Trinajstić information content (AvgIpc) is 3.23. The van der Waals surface area contributed by atoms with Crippen LogP contribution in [0.2, 0.25) is 0 Å². The summed E-state index contributed by atoms with van der Waals surface area (Å²) in [5.74, 6) is -2.67. The highest BCUT2D eigenvalue weighted by molar-refractivity contribution is 8.00. The highest BCUT2D eigenvalue weighted by Gasteiger charge is 2.54. The number of β-lactam (4-membered cyclic amide) rings is 1. The monoisotopic (exact) mass is 498 g/mol. The third-order valence-corrected chi connectivity index (χ3v) is 6.47. The fourth-order valence-electron chi connectivity index (χ4n) is 3.00. The predicted molar refractivity (Wildman–Crippen MR) is 115 cm³/mol. The molecule has 0 spiro atoms. The summed E-state index contributed by atoms with van der Waals surface area (Å²) in [6.07, 6.45) is -0.644. The van der Waals surface area contributed by atoms with E-state index in [1.165, 1.54) is 17.1 Å². The van der Waals surface area contributed by atoms with E-state index >= 15 is 0 Å². The number of carbonyl (C=O) groups excluding carboxylic acids is 4. The number of thiazole rings is 1. The van der Waals surface area contributed by atoms with Gasteiger partial charge in [0.25, 0.3) is 11.8 Å². The molecule has 3 rings (SSSR count). The number of hydrogen-bond acceptors (Lipinski definition) is 11. The van der Waals surface area contributed by atoms with E-state index in [0.717, 1.165) is 16.2 Å². The summed E-state index contributed by atoms with van der Waals surface area (Å²) in [5.41, 5.74) is 4.72. The molecule has 0 bridgehead atoms. The highest BCUT2D eigenvalue weighted by atomic mass is 32.2. The first-order valence-corrected chi connectivity index (χ1v) is 11.2. The van der Waals surface area contributed by atoms with Crippen LogP contribution in [0.3, 0.4) is 0 Å². The molecule has 2 aliphatic heterocycles. The van der Waals surface area contributed by atoms with Crippen molar-refractivity contribution in [2.24, 2.45) is 10.9 Å². The minimum absolute atomic E-state index is 0.118. The van der Waals surface area contributed by atoms with E-state index in [-0.39, 0.29) is 46.8 Å². The van der Waals surface area contributed by atoms with Crippen molar-refractivity contribution in [2.75, 3.05) is 24.3 Å². The van der Waals surface area contributed by atoms with Crippen molar-refractivity contribution in [1.29, 1.82) is 0 Å². The summed E-state index contributed by atoms with van der Waals surface area (Å²) in [4.78, 5) is 68.9. The standard InChI is InChI=1S/C17H18N6O8S2/c1-2-31-22-9(8-5-33-17(20-8)19-6-24)12(25)21-10-13(26)23-11(15(27)28)7(3-30-16(18)29)4-32-14(10)23/h5-6,10,14H,2-4H2,1H3,(H2,18,29)(H,21,25)(H,27,28)(H,19,20,24)/t10?,14-/m1/s1. The van der Waals surface area contributed by atoms with Gasteiger partial charge in [0, 0.05) is 16.7 Å². The molecule has 33 heavy (non-hydrogen) atoms. The minimum Gasteiger partial charge on any atom is -0.477 e. The van der Waals surface area contributed by atoms with E-state index in [1.807, 2.05) is 0 Å². The Hall–Kier alpha value is -3.66. The maximum Gasteiger partial charge on any atom is 0.404 e. The molecule has 1 aromatic heterocycles. The predicted octanol–water partition coefficient (Wildman–Crippen LogP) is -0.714. The Bertz CT molecular complexity index is 1050. The zero-order chi connectivity index (χ0) is 24.1. The van der Waals surface area contributed by atoms with Crippen LogP contribution in [0.4, 0.5) is 9.93 Å². The molecule has 1 fully saturated rings. The number of nitrogens with one attached hydrogen (secondary N) is 2. The number of aliphatic carboxylic acids is 1. The number of aromatic nitrogens is 1. The molecule has 3 heterocycles. The zero-order valence-corrected chi connectivity index (χ0v) is 18.6. The zero-order valence-electron chi connectivity index (χ0n) is 17.0. The van der Waals surface area contributed by atoms with E-state index in [4.69, 9.17) is 10.6 Å². The lowest BCUT2D eigenvalue weighted by molar-refractivity contribution is -0.150. The Balaban J connectivity index is 1.77. The molecule has 14 nitrogen and oxygen atoms in total. The van der Waals surface area contributed by atoms with E-state index < -0.39 is 35.3 Å². The van der Waals surface area contributed by atoms with Crippen LogP contribution in [0.25, 0.3) is 0 Å². The van der Waals surface area contributed by atoms with Crippen LogP contribution in [0.1, 0.15) is 12.6 Å². The summed E-state index contributed by atoms with van der Waals surface area (Å²) in [6.45, 7) is 1.45. The molecular formula is C17H18N6O8S2. The minimum atomic E-state index is -1.38. The average molecular weight is 498 g/mol. The number of carboxylic acid groups (broad SMARTS) is 1. The summed E-state index contributed by atoms with van der Waals surface area (Å²) in [7, 11) is 0. The molecule has 1 unspecified atom stereocenters. The van der Waals surface area contributed by atoms with Gasteiger partial charge >= 0.3 is 12.1 Å². The van der Waals surface area contributed by atoms with E-state index in [0.29, 0.717) is 6.41 Å². The third-order valence-electron chi connectivity index (χ3n) is 4.35. The summed E-state index contributed by atoms with van der Waals surface area (Å²) in [6, 6.07) is -1.03. The molecule has 4 amide bonds. The highest BCUT2D eigenvalue weighted by Crippen LogP contribution is 2.40. The second-order valence-electron chi connectivity index (χ2n) is 6.38. The van der Waals surface area contributed by atoms with Gasteiger partial charge in [-0.2, -0.15) is 0 Å². The summed E-state index contributed by atoms with van der Waals surface area (Å²) in [5, 5.41) is 19.2. The van der Waals surface area contributed by atoms with Crippen LogP contribution in [0.5, 0.6) is 0 Å². The lowest BCUT2D eigenvalue weighted by Crippen LogP contribution is -2.71. The van der Waals surface area contributed by atoms with Gasteiger partial charge in [0.1, 0.15) is 36.0 Å². The first-order valence-electron chi connectivity index (χ1n) is 9.27. The number of amides is 4. The van der Waals surface area contributed by atoms with Gasteiger partial charge in [0.05, 0.1) is 0 Å². The van der Waals surface area contributed by atoms with Crippen LogP contribution in [-0.4, -0.2) is 81.4 Å². The fourth-order valence-corrected chi connectivity index (χ4v) is 4.98. The Kier molecular flexibility index (Phi) is 7.49. The van der Waals surface area contributed by atoms with Gasteiger partial charge in [0.2, 0.25) is 6.41 Å². The van der Waals surface area contributed by atoms with Gasteiger partial charge in [-0.05, 0) is 6.92 Å². The van der Waals surface area contributed by atoms with Crippen LogP contribution < -0.4 is 16.4 Å². The number of nitrogens with two attached hydrogens (primary N) is 1. The number of carbonyl (C=O) groups is 5. The Morgan fingerprint density at radius 2 is 2.21 bits per heavy atom. The normalized spacial score (nSPS) is 19.8. The smallest absolute Gasteiger partial charge is 0.404 e. The van der Waals surface area contributed by atoms with E-state index in [2.05, 4.69) is 25.5 Å². The van der Waals surface area contributed by atoms with Crippen molar-refractivity contribution in [3.63, 3.8) is 0 Å². The Morgan fingerprint density at radius 1 is 1.45 bits per heavy atom. The number of rotatable bonds is 10. The number of nitrogens with zero attached hydrogens (tertiary/aromatic N) is 3. The number of oxime groups is 1. The quantitative estimate of drug-likeness (QED) is 0.138. The van der Waals surface area contributed by atoms with E-state index in [9.17, 15) is 29.1 Å². The summed E-state index contributed by atoms with van der Waals surface area (Å²) >= 11 is 2.24. The Morgan fingerprint density at radius 3 is 2.85 bits per heavy atom. The molecule has 0 saturated carbocycles. The van der Waals surface area contributed by atoms with Crippen molar-refractivity contribution in [1.82, 2.24) is 15.2 Å². The first kappa shape index (κ1) is 24.0. The van der Waals surface area contributed by atoms with Crippen molar-refractivity contribution < 1.29 is 38.7 Å². The molecule has 0 aromatic carbocycles. The Labute approximate surface area is 194 Å². The van der Waals surface area contributed by atoms with Gasteiger partial charge in [0.15, 0.2) is 10.8 Å². The second kappa shape index (κ2) is 10.3. The van der Waals surface area contributed by atoms with Crippen LogP contribution in [0.15, 0.2) is 21.8 Å². The largest absolute Gasteiger partial charge is 0.477 e. The number of fused-ring (bicyclic) bond motifs is 1. The number of carboxylic acids is 1. The van der Waals surface area contributed by atoms with E-state index in [1.54, 1.807) is 6.92 Å². The SMILES string of the molecule is CCON=C(C(=O)NC1C(=O)N2C(C(=O)O)=C(COC(N)=O)CS[C@H]12)c1csc(NC=O)n1. The fraction of sp³-hybridized carbons (Fsp3) is 0.353. The van der Waals surface area contributed by atoms with Gasteiger partial charge in [-0.15, -0.1) is 23.1 Å². The third kappa shape index (κ3) is 5.06. The second-order valence-corrected chi connectivity index (χ2v) is 8.35. The maximum absolute atomic E-state index is 12.9. The lowest BCUT2D eigenvalue weighted by atomic mass is 10.0. The number of primary amides is 1. The molecule has 0 aliphatic carbocycles. The molecule has 1 aromatic rings. The number of hydrogen-bond donors (Lipinski definition) is 4. The molecule has 176 valence electrons. The van der Waals surface area contributed by atoms with Gasteiger partial charge in [-0.3, -0.25) is 19.3 Å². The van der Waals surface area contributed by atoms with Crippen molar-refractivity contribution in [3.05, 3.63) is 22.3 Å². The maximum atomic E-state index is 12.9.